The van der Waals surface area contributed by atoms with Gasteiger partial charge >= 0.3 is 11.9 Å². The molecule has 0 amide bonds. The maximum Gasteiger partial charge on any atom is 0.310 e. The summed E-state index contributed by atoms with van der Waals surface area (Å²) in [6.45, 7) is 6.14. The van der Waals surface area contributed by atoms with Crippen LogP contribution in [0.25, 0.3) is 0 Å². The van der Waals surface area contributed by atoms with E-state index in [9.17, 15) is 29.9 Å². The molecule has 0 aromatic heterocycles. The molecule has 4 saturated carbocycles. The van der Waals surface area contributed by atoms with E-state index < -0.39 is 40.0 Å². The normalized spacial score (nSPS) is 48.8. The van der Waals surface area contributed by atoms with Gasteiger partial charge in [0.05, 0.1) is 30.4 Å². The molecule has 11 atom stereocenters. The van der Waals surface area contributed by atoms with Gasteiger partial charge in [0.1, 0.15) is 0 Å². The Morgan fingerprint density at radius 2 is 1.86 bits per heavy atom. The summed E-state index contributed by atoms with van der Waals surface area (Å²) < 4.78 is 5.07. The second-order valence-electron chi connectivity index (χ2n) is 13.4. The van der Waals surface area contributed by atoms with Gasteiger partial charge in [0.2, 0.25) is 0 Å². The summed E-state index contributed by atoms with van der Waals surface area (Å²) in [5, 5.41) is 31.5. The number of allylic oxidation sites excluding steroid dienone is 2. The number of hydrogen-bond donors (Lipinski definition) is 2. The molecule has 0 aromatic rings. The molecular formula is C30H41NO6. The van der Waals surface area contributed by atoms with Gasteiger partial charge in [-0.2, -0.15) is 5.26 Å². The van der Waals surface area contributed by atoms with Crippen molar-refractivity contribution in [3.8, 4) is 6.07 Å². The van der Waals surface area contributed by atoms with E-state index in [0.717, 1.165) is 37.7 Å². The Hall–Kier alpha value is -2.20. The second kappa shape index (κ2) is 8.93. The van der Waals surface area contributed by atoms with Crippen molar-refractivity contribution in [1.29, 1.82) is 5.26 Å². The summed E-state index contributed by atoms with van der Waals surface area (Å²) in [4.78, 5) is 39.5. The minimum absolute atomic E-state index is 0.0210. The number of ether oxygens (including phenoxy) is 1. The number of esters is 1. The van der Waals surface area contributed by atoms with E-state index >= 15 is 0 Å². The summed E-state index contributed by atoms with van der Waals surface area (Å²) >= 11 is 0. The maximum atomic E-state index is 14.2. The number of rotatable bonds is 3. The molecule has 37 heavy (non-hydrogen) atoms. The van der Waals surface area contributed by atoms with E-state index in [2.05, 4.69) is 19.9 Å². The van der Waals surface area contributed by atoms with Crippen LogP contribution < -0.4 is 0 Å². The van der Waals surface area contributed by atoms with Crippen molar-refractivity contribution < 1.29 is 29.3 Å². The van der Waals surface area contributed by atoms with Crippen LogP contribution in [0.2, 0.25) is 0 Å². The Bertz CT molecular complexity index is 1080. The average Bonchev–Trinajstić information content (AvgIpc) is 2.87. The molecule has 11 unspecified atom stereocenters. The summed E-state index contributed by atoms with van der Waals surface area (Å²) in [5.74, 6) is -2.66. The largest absolute Gasteiger partial charge is 0.481 e. The number of nitrogens with zero attached hydrogens (tertiary/aromatic N) is 1. The Morgan fingerprint density at radius 3 is 2.49 bits per heavy atom. The number of aliphatic carboxylic acids is 1. The minimum atomic E-state index is -0.789. The van der Waals surface area contributed by atoms with Crippen molar-refractivity contribution in [2.24, 2.45) is 63.6 Å². The van der Waals surface area contributed by atoms with Crippen LogP contribution in [0.15, 0.2) is 11.6 Å². The molecule has 2 N–H and O–H groups in total. The van der Waals surface area contributed by atoms with Crippen LogP contribution >= 0.6 is 0 Å². The van der Waals surface area contributed by atoms with Gasteiger partial charge < -0.3 is 14.9 Å². The Morgan fingerprint density at radius 1 is 1.16 bits per heavy atom. The lowest BCUT2D eigenvalue weighted by atomic mass is 9.37. The van der Waals surface area contributed by atoms with Gasteiger partial charge in [0.25, 0.3) is 0 Å². The van der Waals surface area contributed by atoms with Gasteiger partial charge in [-0.05, 0) is 92.4 Å². The van der Waals surface area contributed by atoms with E-state index in [0.29, 0.717) is 25.2 Å². The highest BCUT2D eigenvalue weighted by Gasteiger charge is 2.68. The molecule has 0 bridgehead atoms. The molecular weight excluding hydrogens is 470 g/mol. The zero-order chi connectivity index (χ0) is 26.9. The molecule has 5 aliphatic carbocycles. The van der Waals surface area contributed by atoms with Crippen LogP contribution in [0.3, 0.4) is 0 Å². The fourth-order valence-corrected chi connectivity index (χ4v) is 10.4. The van der Waals surface area contributed by atoms with E-state index in [1.165, 1.54) is 7.11 Å². The van der Waals surface area contributed by atoms with Crippen molar-refractivity contribution in [3.05, 3.63) is 11.6 Å². The number of carboxylic acids is 1. The first kappa shape index (κ1) is 26.4. The molecule has 5 aliphatic rings. The molecule has 202 valence electrons. The zero-order valence-corrected chi connectivity index (χ0v) is 22.5. The van der Waals surface area contributed by atoms with E-state index in [-0.39, 0.29) is 42.0 Å². The number of fused-ring (bicyclic) bond motifs is 7. The van der Waals surface area contributed by atoms with Crippen LogP contribution in [0.1, 0.15) is 72.1 Å². The molecule has 0 spiro atoms. The van der Waals surface area contributed by atoms with Crippen molar-refractivity contribution >= 4 is 17.7 Å². The number of carboxylic acid groups (broad SMARTS) is 1. The van der Waals surface area contributed by atoms with Crippen LogP contribution in [0.4, 0.5) is 0 Å². The molecule has 0 saturated heterocycles. The van der Waals surface area contributed by atoms with Crippen LogP contribution in [0.5, 0.6) is 0 Å². The molecule has 0 aromatic carbocycles. The van der Waals surface area contributed by atoms with Gasteiger partial charge in [-0.15, -0.1) is 0 Å². The van der Waals surface area contributed by atoms with Crippen LogP contribution in [-0.2, 0) is 19.1 Å². The highest BCUT2D eigenvalue weighted by Crippen LogP contribution is 2.70. The summed E-state index contributed by atoms with van der Waals surface area (Å²) in [7, 11) is 1.35. The van der Waals surface area contributed by atoms with Crippen molar-refractivity contribution in [1.82, 2.24) is 0 Å². The van der Waals surface area contributed by atoms with E-state index in [1.54, 1.807) is 6.08 Å². The predicted molar refractivity (Wildman–Crippen MR) is 135 cm³/mol. The second-order valence-corrected chi connectivity index (χ2v) is 13.4. The molecule has 0 heterocycles. The smallest absolute Gasteiger partial charge is 0.310 e. The first-order valence-electron chi connectivity index (χ1n) is 14.1. The number of hydrogen-bond acceptors (Lipinski definition) is 6. The average molecular weight is 512 g/mol. The molecule has 7 nitrogen and oxygen atoms in total. The van der Waals surface area contributed by atoms with E-state index in [4.69, 9.17) is 4.74 Å². The zero-order valence-electron chi connectivity index (χ0n) is 22.5. The minimum Gasteiger partial charge on any atom is -0.481 e. The van der Waals surface area contributed by atoms with Crippen molar-refractivity contribution in [2.45, 2.75) is 72.1 Å². The fraction of sp³-hybridized carbons (Fsp3) is 0.800. The Labute approximate surface area is 219 Å². The third-order valence-corrected chi connectivity index (χ3v) is 12.0. The van der Waals surface area contributed by atoms with E-state index in [1.807, 2.05) is 6.92 Å². The van der Waals surface area contributed by atoms with Crippen molar-refractivity contribution in [3.63, 3.8) is 0 Å². The van der Waals surface area contributed by atoms with Gasteiger partial charge in [0.15, 0.2) is 5.78 Å². The SMILES string of the molecule is COC(=O)C1C(C#N)CC2(CO)C(CCC3(C)C4CCC5(C(=O)O)CCC(C)CC5C4=CC(=O)C32)C1C. The summed E-state index contributed by atoms with van der Waals surface area (Å²) in [5.41, 5.74) is -0.951. The number of aliphatic hydroxyl groups is 1. The topological polar surface area (TPSA) is 125 Å². The summed E-state index contributed by atoms with van der Waals surface area (Å²) in [6.07, 6.45) is 7.34. The third kappa shape index (κ3) is 3.43. The highest BCUT2D eigenvalue weighted by atomic mass is 16.5. The number of carbonyl (C=O) groups excluding carboxylic acids is 2. The number of methoxy groups -OCH3 is 1. The molecule has 0 aliphatic heterocycles. The standard InChI is InChI=1S/C30H41NO6/c1-16-5-9-29(27(35)36)10-7-21-19(22(29)11-16)12-23(33)25-28(21,3)8-6-20-17(2)24(26(34)37-4)18(14-31)13-30(20,25)15-32/h12,16-18,20-22,24-25,32H,5-11,13,15H2,1-4H3,(H,35,36). The third-order valence-electron chi connectivity index (χ3n) is 12.0. The van der Waals surface area contributed by atoms with Crippen LogP contribution in [0, 0.1) is 74.9 Å². The van der Waals surface area contributed by atoms with Crippen LogP contribution in [-0.4, -0.2) is 41.7 Å². The van der Waals surface area contributed by atoms with Gasteiger partial charge in [-0.3, -0.25) is 14.4 Å². The maximum absolute atomic E-state index is 14.2. The number of ketones is 1. The number of aliphatic hydroxyl groups excluding tert-OH is 1. The van der Waals surface area contributed by atoms with Gasteiger partial charge in [0, 0.05) is 17.9 Å². The first-order valence-corrected chi connectivity index (χ1v) is 14.1. The van der Waals surface area contributed by atoms with Crippen molar-refractivity contribution in [2.75, 3.05) is 13.7 Å². The lowest BCUT2D eigenvalue weighted by Gasteiger charge is -2.66. The molecule has 7 heteroatoms. The molecule has 5 rings (SSSR count). The quantitative estimate of drug-likeness (QED) is 0.538. The Balaban J connectivity index is 1.60. The molecule has 4 fully saturated rings. The van der Waals surface area contributed by atoms with Gasteiger partial charge in [-0.25, -0.2) is 0 Å². The van der Waals surface area contributed by atoms with Gasteiger partial charge in [-0.1, -0.05) is 26.3 Å². The fourth-order valence-electron chi connectivity index (χ4n) is 10.4. The lowest BCUT2D eigenvalue weighted by molar-refractivity contribution is -0.192. The number of nitriles is 1. The first-order chi connectivity index (χ1) is 17.5. The Kier molecular flexibility index (Phi) is 6.38. The monoisotopic (exact) mass is 511 g/mol. The lowest BCUT2D eigenvalue weighted by Crippen LogP contribution is -2.65. The molecule has 0 radical (unpaired) electrons. The number of carbonyl (C=O) groups is 3. The predicted octanol–water partition coefficient (Wildman–Crippen LogP) is 4.39. The highest BCUT2D eigenvalue weighted by molar-refractivity contribution is 5.95. The summed E-state index contributed by atoms with van der Waals surface area (Å²) in [6, 6.07) is 2.33.